The number of nitrogens with one attached hydrogen (secondary N) is 1. The Kier molecular flexibility index (Phi) is 5.22. The number of carbonyl (C=O) groups excluding carboxylic acids is 1. The van der Waals surface area contributed by atoms with Gasteiger partial charge in [-0.25, -0.2) is 0 Å². The summed E-state index contributed by atoms with van der Waals surface area (Å²) < 4.78 is 0. The molecular weight excluding hydrogens is 318 g/mol. The summed E-state index contributed by atoms with van der Waals surface area (Å²) >= 11 is 0. The van der Waals surface area contributed by atoms with Gasteiger partial charge < -0.3 is 5.32 Å². The highest BCUT2D eigenvalue weighted by molar-refractivity contribution is 5.95. The lowest BCUT2D eigenvalue weighted by Gasteiger charge is -2.18. The van der Waals surface area contributed by atoms with Crippen LogP contribution in [0.1, 0.15) is 45.6 Å². The van der Waals surface area contributed by atoms with E-state index in [0.717, 1.165) is 11.1 Å². The Morgan fingerprint density at radius 3 is 2.00 bits per heavy atom. The second-order valence-corrected chi connectivity index (χ2v) is 6.93. The molecule has 3 aromatic rings. The lowest BCUT2D eigenvalue weighted by Crippen LogP contribution is -2.27. The predicted molar refractivity (Wildman–Crippen MR) is 108 cm³/mol. The molecule has 0 aliphatic rings. The molecule has 1 N–H and O–H groups in total. The molecule has 0 heterocycles. The second kappa shape index (κ2) is 7.57. The van der Waals surface area contributed by atoms with Gasteiger partial charge in [0.05, 0.1) is 6.04 Å². The van der Waals surface area contributed by atoms with Crippen molar-refractivity contribution in [1.29, 1.82) is 0 Å². The summed E-state index contributed by atoms with van der Waals surface area (Å²) in [5.41, 5.74) is 7.85. The summed E-state index contributed by atoms with van der Waals surface area (Å²) in [4.78, 5) is 12.6. The van der Waals surface area contributed by atoms with E-state index in [4.69, 9.17) is 0 Å². The third kappa shape index (κ3) is 3.85. The van der Waals surface area contributed by atoms with Gasteiger partial charge in [-0.3, -0.25) is 4.79 Å². The average molecular weight is 343 g/mol. The molecule has 0 saturated carbocycles. The van der Waals surface area contributed by atoms with Crippen LogP contribution in [-0.2, 0) is 0 Å². The van der Waals surface area contributed by atoms with E-state index in [1.54, 1.807) is 0 Å². The van der Waals surface area contributed by atoms with Gasteiger partial charge >= 0.3 is 0 Å². The zero-order chi connectivity index (χ0) is 18.7. The van der Waals surface area contributed by atoms with E-state index in [2.05, 4.69) is 50.4 Å². The molecule has 26 heavy (non-hydrogen) atoms. The van der Waals surface area contributed by atoms with Crippen LogP contribution in [0.25, 0.3) is 11.1 Å². The van der Waals surface area contributed by atoms with Crippen LogP contribution < -0.4 is 5.32 Å². The monoisotopic (exact) mass is 343 g/mol. The van der Waals surface area contributed by atoms with Crippen molar-refractivity contribution in [2.75, 3.05) is 0 Å². The van der Waals surface area contributed by atoms with E-state index in [1.807, 2.05) is 49.4 Å². The van der Waals surface area contributed by atoms with E-state index in [9.17, 15) is 4.79 Å². The van der Waals surface area contributed by atoms with Gasteiger partial charge in [-0.1, -0.05) is 54.6 Å². The van der Waals surface area contributed by atoms with Crippen LogP contribution >= 0.6 is 0 Å². The molecule has 1 amide bonds. The van der Waals surface area contributed by atoms with Gasteiger partial charge in [0.15, 0.2) is 0 Å². The van der Waals surface area contributed by atoms with Gasteiger partial charge in [0.25, 0.3) is 5.91 Å². The lowest BCUT2D eigenvalue weighted by molar-refractivity contribution is 0.0940. The number of amides is 1. The quantitative estimate of drug-likeness (QED) is 0.640. The summed E-state index contributed by atoms with van der Waals surface area (Å²) in [7, 11) is 0. The van der Waals surface area contributed by atoms with Crippen molar-refractivity contribution in [2.24, 2.45) is 0 Å². The molecule has 0 saturated heterocycles. The van der Waals surface area contributed by atoms with Gasteiger partial charge in [-0.15, -0.1) is 0 Å². The number of hydrogen-bond acceptors (Lipinski definition) is 1. The lowest BCUT2D eigenvalue weighted by atomic mass is 9.96. The highest BCUT2D eigenvalue weighted by Gasteiger charge is 2.14. The standard InChI is InChI=1S/C24H25NO/c1-16-14-18(3)23(15-17(16)2)19(4)25-24(26)22-12-10-21(11-13-22)20-8-6-5-7-9-20/h5-15,19H,1-4H3,(H,25,26). The van der Waals surface area contributed by atoms with Gasteiger partial charge in [0, 0.05) is 5.56 Å². The Hall–Kier alpha value is -2.87. The molecule has 1 unspecified atom stereocenters. The van der Waals surface area contributed by atoms with E-state index in [-0.39, 0.29) is 11.9 Å². The molecule has 0 radical (unpaired) electrons. The van der Waals surface area contributed by atoms with Gasteiger partial charge in [0.2, 0.25) is 0 Å². The Morgan fingerprint density at radius 2 is 1.35 bits per heavy atom. The maximum atomic E-state index is 12.6. The molecule has 0 aromatic heterocycles. The molecule has 1 atom stereocenters. The van der Waals surface area contributed by atoms with Crippen molar-refractivity contribution in [3.8, 4) is 11.1 Å². The summed E-state index contributed by atoms with van der Waals surface area (Å²) in [5, 5.41) is 3.12. The number of aryl methyl sites for hydroxylation is 3. The van der Waals surface area contributed by atoms with Gasteiger partial charge in [-0.2, -0.15) is 0 Å². The topological polar surface area (TPSA) is 29.1 Å². The van der Waals surface area contributed by atoms with Crippen LogP contribution in [0, 0.1) is 20.8 Å². The van der Waals surface area contributed by atoms with Crippen LogP contribution in [-0.4, -0.2) is 5.91 Å². The molecule has 0 aliphatic heterocycles. The van der Waals surface area contributed by atoms with Crippen molar-refractivity contribution < 1.29 is 4.79 Å². The molecule has 2 heteroatoms. The fraction of sp³-hybridized carbons (Fsp3) is 0.208. The molecule has 132 valence electrons. The third-order valence-electron chi connectivity index (χ3n) is 4.95. The Balaban J connectivity index is 1.75. The fourth-order valence-corrected chi connectivity index (χ4v) is 3.25. The van der Waals surface area contributed by atoms with E-state index >= 15 is 0 Å². The SMILES string of the molecule is Cc1cc(C)c(C(C)NC(=O)c2ccc(-c3ccccc3)cc2)cc1C. The molecule has 0 bridgehead atoms. The largest absolute Gasteiger partial charge is 0.346 e. The summed E-state index contributed by atoms with van der Waals surface area (Å²) in [6.45, 7) is 8.35. The first kappa shape index (κ1) is 17.9. The number of rotatable bonds is 4. The Morgan fingerprint density at radius 1 is 0.769 bits per heavy atom. The number of benzene rings is 3. The molecule has 0 fully saturated rings. The summed E-state index contributed by atoms with van der Waals surface area (Å²) in [6.07, 6.45) is 0. The van der Waals surface area contributed by atoms with Crippen LogP contribution in [0.3, 0.4) is 0 Å². The zero-order valence-electron chi connectivity index (χ0n) is 15.8. The van der Waals surface area contributed by atoms with Crippen LogP contribution in [0.15, 0.2) is 66.7 Å². The minimum atomic E-state index is -0.0465. The number of hydrogen-bond donors (Lipinski definition) is 1. The average Bonchev–Trinajstić information content (AvgIpc) is 2.65. The smallest absolute Gasteiger partial charge is 0.251 e. The molecule has 3 aromatic carbocycles. The highest BCUT2D eigenvalue weighted by Crippen LogP contribution is 2.23. The summed E-state index contributed by atoms with van der Waals surface area (Å²) in [6, 6.07) is 22.3. The molecule has 2 nitrogen and oxygen atoms in total. The van der Waals surface area contributed by atoms with Crippen molar-refractivity contribution in [1.82, 2.24) is 5.32 Å². The third-order valence-corrected chi connectivity index (χ3v) is 4.95. The van der Waals surface area contributed by atoms with Gasteiger partial charge in [-0.05, 0) is 73.2 Å². The van der Waals surface area contributed by atoms with Crippen LogP contribution in [0.4, 0.5) is 0 Å². The fourth-order valence-electron chi connectivity index (χ4n) is 3.25. The Bertz CT molecular complexity index is 911. The molecule has 0 spiro atoms. The molecular formula is C24H25NO. The molecule has 0 aliphatic carbocycles. The van der Waals surface area contributed by atoms with Crippen molar-refractivity contribution >= 4 is 5.91 Å². The van der Waals surface area contributed by atoms with E-state index < -0.39 is 0 Å². The minimum Gasteiger partial charge on any atom is -0.346 e. The van der Waals surface area contributed by atoms with Gasteiger partial charge in [0.1, 0.15) is 0 Å². The normalized spacial score (nSPS) is 11.8. The van der Waals surface area contributed by atoms with Crippen LogP contribution in [0.2, 0.25) is 0 Å². The first-order chi connectivity index (χ1) is 12.5. The first-order valence-corrected chi connectivity index (χ1v) is 9.00. The van der Waals surface area contributed by atoms with Crippen molar-refractivity contribution in [2.45, 2.75) is 33.7 Å². The highest BCUT2D eigenvalue weighted by atomic mass is 16.1. The van der Waals surface area contributed by atoms with Crippen LogP contribution in [0.5, 0.6) is 0 Å². The van der Waals surface area contributed by atoms with E-state index in [1.165, 1.54) is 22.3 Å². The Labute approximate surface area is 155 Å². The molecule has 3 rings (SSSR count). The maximum Gasteiger partial charge on any atom is 0.251 e. The van der Waals surface area contributed by atoms with E-state index in [0.29, 0.717) is 5.56 Å². The predicted octanol–water partition coefficient (Wildman–Crippen LogP) is 5.77. The zero-order valence-corrected chi connectivity index (χ0v) is 15.8. The first-order valence-electron chi connectivity index (χ1n) is 9.00. The van der Waals surface area contributed by atoms with Crippen molar-refractivity contribution in [3.05, 3.63) is 94.5 Å². The second-order valence-electron chi connectivity index (χ2n) is 6.93. The minimum absolute atomic E-state index is 0.0319. The maximum absolute atomic E-state index is 12.6. The summed E-state index contributed by atoms with van der Waals surface area (Å²) in [5.74, 6) is -0.0465. The number of carbonyl (C=O) groups is 1. The van der Waals surface area contributed by atoms with Crippen molar-refractivity contribution in [3.63, 3.8) is 0 Å².